The number of nitrogens with one attached hydrogen (secondary N) is 1. The molecular weight excluding hydrogens is 230 g/mol. The Morgan fingerprint density at radius 3 is 2.11 bits per heavy atom. The van der Waals surface area contributed by atoms with Gasteiger partial charge in [-0.3, -0.25) is 0 Å². The van der Waals surface area contributed by atoms with Crippen molar-refractivity contribution in [2.75, 3.05) is 6.54 Å². The molecule has 0 saturated heterocycles. The maximum atomic E-state index is 3.69. The summed E-state index contributed by atoms with van der Waals surface area (Å²) in [6.45, 7) is 15.0. The van der Waals surface area contributed by atoms with E-state index >= 15 is 0 Å². The molecule has 1 aromatic rings. The first-order valence-corrected chi connectivity index (χ1v) is 7.62. The van der Waals surface area contributed by atoms with E-state index in [1.165, 1.54) is 12.0 Å². The molecule has 1 aromatic carbocycles. The molecule has 0 radical (unpaired) electrons. The molecule has 0 heterocycles. The standard InChI is InChI=1S/C18H31N/c1-14(2)15(3)13-19-16(4)12-18(5,6)17-10-8-7-9-11-17/h7-11,14-16,19H,12-13H2,1-6H3. The smallest absolute Gasteiger partial charge is 0.00471 e. The van der Waals surface area contributed by atoms with Crippen molar-refractivity contribution in [1.29, 1.82) is 0 Å². The molecule has 0 aliphatic carbocycles. The van der Waals surface area contributed by atoms with Gasteiger partial charge in [-0.15, -0.1) is 0 Å². The summed E-state index contributed by atoms with van der Waals surface area (Å²) < 4.78 is 0. The first-order chi connectivity index (χ1) is 8.83. The Kier molecular flexibility index (Phi) is 6.06. The van der Waals surface area contributed by atoms with E-state index < -0.39 is 0 Å². The molecule has 0 saturated carbocycles. The fourth-order valence-electron chi connectivity index (χ4n) is 2.47. The average molecular weight is 261 g/mol. The zero-order chi connectivity index (χ0) is 14.5. The molecular formula is C18H31N. The van der Waals surface area contributed by atoms with Crippen LogP contribution < -0.4 is 5.32 Å². The zero-order valence-corrected chi connectivity index (χ0v) is 13.5. The van der Waals surface area contributed by atoms with Gasteiger partial charge < -0.3 is 5.32 Å². The summed E-state index contributed by atoms with van der Waals surface area (Å²) in [6, 6.07) is 11.4. The Balaban J connectivity index is 2.49. The fraction of sp³-hybridized carbons (Fsp3) is 0.667. The molecule has 0 fully saturated rings. The van der Waals surface area contributed by atoms with Gasteiger partial charge in [-0.2, -0.15) is 0 Å². The fourth-order valence-corrected chi connectivity index (χ4v) is 2.47. The third-order valence-electron chi connectivity index (χ3n) is 4.30. The Bertz CT molecular complexity index is 353. The second-order valence-electron chi connectivity index (χ2n) is 6.98. The lowest BCUT2D eigenvalue weighted by Crippen LogP contribution is -2.36. The number of benzene rings is 1. The van der Waals surface area contributed by atoms with Crippen LogP contribution in [-0.2, 0) is 5.41 Å². The molecule has 0 amide bonds. The highest BCUT2D eigenvalue weighted by Gasteiger charge is 2.23. The van der Waals surface area contributed by atoms with Gasteiger partial charge in [0.05, 0.1) is 0 Å². The van der Waals surface area contributed by atoms with E-state index in [0.29, 0.717) is 6.04 Å². The quantitative estimate of drug-likeness (QED) is 0.755. The monoisotopic (exact) mass is 261 g/mol. The lowest BCUT2D eigenvalue weighted by Gasteiger charge is -2.30. The number of hydrogen-bond donors (Lipinski definition) is 1. The van der Waals surface area contributed by atoms with E-state index in [2.05, 4.69) is 77.2 Å². The molecule has 0 spiro atoms. The van der Waals surface area contributed by atoms with Gasteiger partial charge in [0, 0.05) is 6.04 Å². The normalized spacial score (nSPS) is 15.5. The molecule has 0 aliphatic heterocycles. The average Bonchev–Trinajstić information content (AvgIpc) is 2.36. The van der Waals surface area contributed by atoms with Crippen LogP contribution in [0.3, 0.4) is 0 Å². The van der Waals surface area contributed by atoms with E-state index in [9.17, 15) is 0 Å². The zero-order valence-electron chi connectivity index (χ0n) is 13.5. The highest BCUT2D eigenvalue weighted by Crippen LogP contribution is 2.28. The summed E-state index contributed by atoms with van der Waals surface area (Å²) >= 11 is 0. The van der Waals surface area contributed by atoms with Gasteiger partial charge >= 0.3 is 0 Å². The molecule has 1 N–H and O–H groups in total. The summed E-state index contributed by atoms with van der Waals surface area (Å²) in [4.78, 5) is 0. The van der Waals surface area contributed by atoms with Crippen LogP contribution in [0.25, 0.3) is 0 Å². The molecule has 1 heteroatoms. The number of hydrogen-bond acceptors (Lipinski definition) is 1. The maximum absolute atomic E-state index is 3.69. The molecule has 2 unspecified atom stereocenters. The van der Waals surface area contributed by atoms with E-state index in [4.69, 9.17) is 0 Å². The molecule has 19 heavy (non-hydrogen) atoms. The van der Waals surface area contributed by atoms with Gasteiger partial charge in [-0.1, -0.05) is 65.0 Å². The summed E-state index contributed by atoms with van der Waals surface area (Å²) in [5.41, 5.74) is 1.66. The van der Waals surface area contributed by atoms with Crippen molar-refractivity contribution in [2.24, 2.45) is 11.8 Å². The molecule has 108 valence electrons. The van der Waals surface area contributed by atoms with Crippen LogP contribution in [0, 0.1) is 11.8 Å². The Labute approximate surface area is 119 Å². The minimum absolute atomic E-state index is 0.231. The van der Waals surface area contributed by atoms with Gasteiger partial charge in [-0.05, 0) is 42.7 Å². The van der Waals surface area contributed by atoms with Gasteiger partial charge in [-0.25, -0.2) is 0 Å². The van der Waals surface area contributed by atoms with E-state index in [1.54, 1.807) is 0 Å². The molecule has 0 aromatic heterocycles. The largest absolute Gasteiger partial charge is 0.314 e. The van der Waals surface area contributed by atoms with Crippen molar-refractivity contribution >= 4 is 0 Å². The summed E-state index contributed by atoms with van der Waals surface area (Å²) in [7, 11) is 0. The van der Waals surface area contributed by atoms with E-state index in [0.717, 1.165) is 18.4 Å². The Morgan fingerprint density at radius 2 is 1.58 bits per heavy atom. The van der Waals surface area contributed by atoms with Crippen molar-refractivity contribution in [3.05, 3.63) is 35.9 Å². The van der Waals surface area contributed by atoms with Gasteiger partial charge in [0.1, 0.15) is 0 Å². The predicted molar refractivity (Wildman–Crippen MR) is 85.6 cm³/mol. The van der Waals surface area contributed by atoms with Gasteiger partial charge in [0.2, 0.25) is 0 Å². The first-order valence-electron chi connectivity index (χ1n) is 7.62. The van der Waals surface area contributed by atoms with Crippen LogP contribution in [-0.4, -0.2) is 12.6 Å². The Hall–Kier alpha value is -0.820. The van der Waals surface area contributed by atoms with Crippen LogP contribution >= 0.6 is 0 Å². The summed E-state index contributed by atoms with van der Waals surface area (Å²) in [6.07, 6.45) is 1.17. The van der Waals surface area contributed by atoms with Crippen LogP contribution in [0.2, 0.25) is 0 Å². The topological polar surface area (TPSA) is 12.0 Å². The van der Waals surface area contributed by atoms with Gasteiger partial charge in [0.25, 0.3) is 0 Å². The highest BCUT2D eigenvalue weighted by atomic mass is 14.9. The number of rotatable bonds is 7. The molecule has 0 bridgehead atoms. The minimum Gasteiger partial charge on any atom is -0.314 e. The molecule has 1 rings (SSSR count). The van der Waals surface area contributed by atoms with Crippen LogP contribution in [0.4, 0.5) is 0 Å². The first kappa shape index (κ1) is 16.2. The van der Waals surface area contributed by atoms with E-state index in [-0.39, 0.29) is 5.41 Å². The summed E-state index contributed by atoms with van der Waals surface area (Å²) in [5, 5.41) is 3.69. The van der Waals surface area contributed by atoms with Gasteiger partial charge in [0.15, 0.2) is 0 Å². The van der Waals surface area contributed by atoms with Crippen molar-refractivity contribution in [3.63, 3.8) is 0 Å². The van der Waals surface area contributed by atoms with Crippen LogP contribution in [0.15, 0.2) is 30.3 Å². The lowest BCUT2D eigenvalue weighted by atomic mass is 9.79. The van der Waals surface area contributed by atoms with Crippen LogP contribution in [0.5, 0.6) is 0 Å². The third-order valence-corrected chi connectivity index (χ3v) is 4.30. The maximum Gasteiger partial charge on any atom is 0.00471 e. The molecule has 0 aliphatic rings. The predicted octanol–water partition coefficient (Wildman–Crippen LogP) is 4.62. The Morgan fingerprint density at radius 1 is 1.00 bits per heavy atom. The van der Waals surface area contributed by atoms with Crippen molar-refractivity contribution in [1.82, 2.24) is 5.32 Å². The van der Waals surface area contributed by atoms with Crippen molar-refractivity contribution in [3.8, 4) is 0 Å². The second-order valence-corrected chi connectivity index (χ2v) is 6.98. The minimum atomic E-state index is 0.231. The molecule has 1 nitrogen and oxygen atoms in total. The molecule has 2 atom stereocenters. The van der Waals surface area contributed by atoms with Crippen molar-refractivity contribution in [2.45, 2.75) is 59.4 Å². The SMILES string of the molecule is CC(CC(C)(C)c1ccccc1)NCC(C)C(C)C. The second kappa shape index (κ2) is 7.09. The van der Waals surface area contributed by atoms with E-state index in [1.807, 2.05) is 0 Å². The van der Waals surface area contributed by atoms with Crippen molar-refractivity contribution < 1.29 is 0 Å². The summed E-state index contributed by atoms with van der Waals surface area (Å²) in [5.74, 6) is 1.49. The third kappa shape index (κ3) is 5.36. The van der Waals surface area contributed by atoms with Crippen LogP contribution in [0.1, 0.15) is 53.5 Å². The lowest BCUT2D eigenvalue weighted by molar-refractivity contribution is 0.336. The highest BCUT2D eigenvalue weighted by molar-refractivity contribution is 5.23.